The van der Waals surface area contributed by atoms with Crippen molar-refractivity contribution in [2.75, 3.05) is 11.9 Å². The number of rotatable bonds is 3. The van der Waals surface area contributed by atoms with Gasteiger partial charge in [0.15, 0.2) is 14.0 Å². The summed E-state index contributed by atoms with van der Waals surface area (Å²) >= 11 is 0.756. The summed E-state index contributed by atoms with van der Waals surface area (Å²) in [4.78, 5) is 0. The number of thiophene rings is 1. The highest BCUT2D eigenvalue weighted by Gasteiger charge is 2.37. The number of primary sulfonamides is 1. The van der Waals surface area contributed by atoms with E-state index in [-0.39, 0.29) is 8.42 Å². The number of nitrogens with two attached hydrogens (primary N) is 1. The zero-order valence-electron chi connectivity index (χ0n) is 10.6. The smallest absolute Gasteiger partial charge is 0.249 e. The van der Waals surface area contributed by atoms with Crippen LogP contribution in [0, 0.1) is 0 Å². The molecule has 3 N–H and O–H groups in total. The highest BCUT2D eigenvalue weighted by atomic mass is 32.3. The molecule has 1 aromatic rings. The molecule has 0 spiro atoms. The number of sulfonamides is 1. The molecule has 1 aromatic heterocycles. The Balaban J connectivity index is 2.76. The van der Waals surface area contributed by atoms with E-state index in [1.165, 1.54) is 0 Å². The predicted molar refractivity (Wildman–Crippen MR) is 74.8 cm³/mol. The quantitative estimate of drug-likeness (QED) is 0.860. The van der Waals surface area contributed by atoms with Crippen molar-refractivity contribution in [3.05, 3.63) is 5.56 Å². The number of sulfone groups is 1. The molecule has 108 valence electrons. The van der Waals surface area contributed by atoms with Gasteiger partial charge < -0.3 is 5.32 Å². The van der Waals surface area contributed by atoms with Crippen LogP contribution in [-0.4, -0.2) is 28.6 Å². The fraction of sp³-hybridized carbons (Fsp3) is 0.600. The molecule has 0 aliphatic carbocycles. The van der Waals surface area contributed by atoms with Gasteiger partial charge in [-0.3, -0.25) is 0 Å². The molecule has 6 nitrogen and oxygen atoms in total. The SMILES string of the molecule is CCNc1c(S(N)(=O)=O)sc2c1CCC(C)S2(=O)=O. The van der Waals surface area contributed by atoms with Crippen LogP contribution in [0.15, 0.2) is 8.42 Å². The summed E-state index contributed by atoms with van der Waals surface area (Å²) in [5, 5.41) is 7.62. The second kappa shape index (κ2) is 4.72. The maximum Gasteiger partial charge on any atom is 0.249 e. The summed E-state index contributed by atoms with van der Waals surface area (Å²) in [5.41, 5.74) is 0.925. The van der Waals surface area contributed by atoms with E-state index in [2.05, 4.69) is 5.32 Å². The van der Waals surface area contributed by atoms with Gasteiger partial charge in [-0.1, -0.05) is 0 Å². The van der Waals surface area contributed by atoms with Gasteiger partial charge in [0, 0.05) is 12.1 Å². The number of anilines is 1. The van der Waals surface area contributed by atoms with Crippen LogP contribution in [0.25, 0.3) is 0 Å². The van der Waals surface area contributed by atoms with Gasteiger partial charge in [-0.2, -0.15) is 0 Å². The molecule has 19 heavy (non-hydrogen) atoms. The summed E-state index contributed by atoms with van der Waals surface area (Å²) in [6, 6.07) is 0. The van der Waals surface area contributed by atoms with Gasteiger partial charge in [-0.05, 0) is 26.7 Å². The van der Waals surface area contributed by atoms with Crippen molar-refractivity contribution in [1.82, 2.24) is 0 Å². The van der Waals surface area contributed by atoms with Gasteiger partial charge in [0.2, 0.25) is 10.0 Å². The van der Waals surface area contributed by atoms with E-state index in [0.717, 1.165) is 11.3 Å². The van der Waals surface area contributed by atoms with Crippen LogP contribution in [0.1, 0.15) is 25.8 Å². The molecule has 2 rings (SSSR count). The van der Waals surface area contributed by atoms with Crippen LogP contribution >= 0.6 is 11.3 Å². The molecule has 0 bridgehead atoms. The van der Waals surface area contributed by atoms with E-state index in [4.69, 9.17) is 5.14 Å². The Labute approximate surface area is 117 Å². The lowest BCUT2D eigenvalue weighted by Gasteiger charge is -2.19. The fourth-order valence-corrected chi connectivity index (χ4v) is 6.81. The minimum atomic E-state index is -3.93. The topological polar surface area (TPSA) is 106 Å². The summed E-state index contributed by atoms with van der Waals surface area (Å²) < 4.78 is 47.7. The van der Waals surface area contributed by atoms with Crippen LogP contribution in [-0.2, 0) is 26.3 Å². The van der Waals surface area contributed by atoms with E-state index < -0.39 is 25.1 Å². The molecule has 0 saturated heterocycles. The van der Waals surface area contributed by atoms with Crippen LogP contribution in [0.4, 0.5) is 5.69 Å². The van der Waals surface area contributed by atoms with Crippen molar-refractivity contribution >= 4 is 36.9 Å². The molecule has 0 radical (unpaired) electrons. The number of hydrogen-bond acceptors (Lipinski definition) is 6. The molecule has 0 saturated carbocycles. The molecular weight excluding hydrogens is 308 g/mol. The average molecular weight is 324 g/mol. The Kier molecular flexibility index (Phi) is 3.67. The lowest BCUT2D eigenvalue weighted by Crippen LogP contribution is -2.23. The highest BCUT2D eigenvalue weighted by molar-refractivity contribution is 7.95. The van der Waals surface area contributed by atoms with Gasteiger partial charge in [-0.25, -0.2) is 22.0 Å². The second-order valence-corrected chi connectivity index (χ2v) is 9.84. The van der Waals surface area contributed by atoms with Crippen molar-refractivity contribution in [1.29, 1.82) is 0 Å². The van der Waals surface area contributed by atoms with E-state index in [1.54, 1.807) is 6.92 Å². The van der Waals surface area contributed by atoms with Gasteiger partial charge >= 0.3 is 0 Å². The molecule has 1 unspecified atom stereocenters. The van der Waals surface area contributed by atoms with Crippen LogP contribution in [0.2, 0.25) is 0 Å². The Morgan fingerprint density at radius 3 is 2.63 bits per heavy atom. The lowest BCUT2D eigenvalue weighted by molar-refractivity contribution is 0.570. The van der Waals surface area contributed by atoms with Crippen molar-refractivity contribution in [2.45, 2.75) is 40.4 Å². The predicted octanol–water partition coefficient (Wildman–Crippen LogP) is 0.936. The Bertz CT molecular complexity index is 703. The first kappa shape index (κ1) is 14.8. The van der Waals surface area contributed by atoms with Gasteiger partial charge in [0.25, 0.3) is 0 Å². The lowest BCUT2D eigenvalue weighted by atomic mass is 10.1. The van der Waals surface area contributed by atoms with Crippen LogP contribution in [0.3, 0.4) is 0 Å². The van der Waals surface area contributed by atoms with E-state index >= 15 is 0 Å². The molecular formula is C10H16N2O4S3. The van der Waals surface area contributed by atoms with E-state index in [0.29, 0.717) is 30.6 Å². The van der Waals surface area contributed by atoms with Gasteiger partial charge in [0.05, 0.1) is 10.9 Å². The average Bonchev–Trinajstić information content (AvgIpc) is 2.65. The summed E-state index contributed by atoms with van der Waals surface area (Å²) in [7, 11) is -7.37. The summed E-state index contributed by atoms with van der Waals surface area (Å²) in [6.07, 6.45) is 1.04. The molecule has 0 aromatic carbocycles. The molecule has 9 heteroatoms. The molecule has 2 heterocycles. The van der Waals surface area contributed by atoms with E-state index in [1.807, 2.05) is 6.92 Å². The standard InChI is InChI=1S/C10H16N2O4S3/c1-3-12-8-7-5-4-6(2)18(13,14)9(7)17-10(8)19(11,15)16/h6,12H,3-5H2,1-2H3,(H2,11,15,16). The third kappa shape index (κ3) is 2.39. The van der Waals surface area contributed by atoms with Crippen molar-refractivity contribution in [2.24, 2.45) is 5.14 Å². The molecule has 1 aliphatic heterocycles. The van der Waals surface area contributed by atoms with E-state index in [9.17, 15) is 16.8 Å². The van der Waals surface area contributed by atoms with Crippen molar-refractivity contribution in [3.63, 3.8) is 0 Å². The van der Waals surface area contributed by atoms with Crippen molar-refractivity contribution in [3.8, 4) is 0 Å². The maximum atomic E-state index is 12.2. The largest absolute Gasteiger partial charge is 0.383 e. The molecule has 0 amide bonds. The van der Waals surface area contributed by atoms with Gasteiger partial charge in [0.1, 0.15) is 4.21 Å². The molecule has 1 atom stereocenters. The Morgan fingerprint density at radius 1 is 1.47 bits per heavy atom. The summed E-state index contributed by atoms with van der Waals surface area (Å²) in [6.45, 7) is 3.96. The fourth-order valence-electron chi connectivity index (χ4n) is 2.12. The number of hydrogen-bond donors (Lipinski definition) is 2. The van der Waals surface area contributed by atoms with Crippen LogP contribution in [0.5, 0.6) is 0 Å². The first-order valence-corrected chi connectivity index (χ1v) is 9.76. The monoisotopic (exact) mass is 324 g/mol. The minimum Gasteiger partial charge on any atom is -0.383 e. The van der Waals surface area contributed by atoms with Gasteiger partial charge in [-0.15, -0.1) is 11.3 Å². The molecule has 1 aliphatic rings. The number of nitrogens with one attached hydrogen (secondary N) is 1. The first-order chi connectivity index (χ1) is 8.69. The third-order valence-corrected chi connectivity index (χ3v) is 8.63. The normalized spacial score (nSPS) is 21.9. The Morgan fingerprint density at radius 2 is 2.11 bits per heavy atom. The summed E-state index contributed by atoms with van der Waals surface area (Å²) in [5.74, 6) is 0. The second-order valence-electron chi connectivity index (χ2n) is 4.50. The number of fused-ring (bicyclic) bond motifs is 1. The Hall–Kier alpha value is -0.640. The third-order valence-electron chi connectivity index (χ3n) is 3.14. The maximum absolute atomic E-state index is 12.2. The molecule has 0 fully saturated rings. The van der Waals surface area contributed by atoms with Crippen molar-refractivity contribution < 1.29 is 16.8 Å². The zero-order chi connectivity index (χ0) is 14.4. The first-order valence-electron chi connectivity index (χ1n) is 5.85. The van der Waals surface area contributed by atoms with Crippen LogP contribution < -0.4 is 10.5 Å². The minimum absolute atomic E-state index is 0.0861. The zero-order valence-corrected chi connectivity index (χ0v) is 13.1. The highest BCUT2D eigenvalue weighted by Crippen LogP contribution is 2.44.